The van der Waals surface area contributed by atoms with Crippen LogP contribution in [0.25, 0.3) is 0 Å². The van der Waals surface area contributed by atoms with Crippen LogP contribution in [0.5, 0.6) is 0 Å². The zero-order valence-corrected chi connectivity index (χ0v) is 11.9. The summed E-state index contributed by atoms with van der Waals surface area (Å²) in [5, 5.41) is 3.61. The summed E-state index contributed by atoms with van der Waals surface area (Å²) in [5.74, 6) is 0.0904. The molecule has 0 saturated heterocycles. The van der Waals surface area contributed by atoms with E-state index >= 15 is 0 Å². The highest BCUT2D eigenvalue weighted by Crippen LogP contribution is 2.22. The number of aromatic nitrogens is 2. The second kappa shape index (κ2) is 5.42. The first-order valence-corrected chi connectivity index (χ1v) is 6.38. The Balaban J connectivity index is 2.38. The highest BCUT2D eigenvalue weighted by Gasteiger charge is 2.13. The van der Waals surface area contributed by atoms with Crippen LogP contribution in [0.3, 0.4) is 0 Å². The van der Waals surface area contributed by atoms with Crippen LogP contribution in [-0.4, -0.2) is 9.55 Å². The molecule has 20 heavy (non-hydrogen) atoms. The molecule has 0 fully saturated rings. The third-order valence-electron chi connectivity index (χ3n) is 3.08. The number of nitrogens with two attached hydrogens (primary N) is 1. The van der Waals surface area contributed by atoms with Crippen molar-refractivity contribution < 1.29 is 0 Å². The predicted molar refractivity (Wildman–Crippen MR) is 80.2 cm³/mol. The molecule has 2 aromatic rings. The molecule has 6 nitrogen and oxygen atoms in total. The van der Waals surface area contributed by atoms with Crippen molar-refractivity contribution >= 4 is 23.1 Å². The number of anilines is 2. The van der Waals surface area contributed by atoms with E-state index in [1.807, 2.05) is 19.1 Å². The first-order valence-electron chi connectivity index (χ1n) is 6.01. The fourth-order valence-electron chi connectivity index (χ4n) is 1.85. The van der Waals surface area contributed by atoms with E-state index in [2.05, 4.69) is 10.3 Å². The van der Waals surface area contributed by atoms with Crippen LogP contribution in [0, 0.1) is 0 Å². The molecule has 1 atom stereocenters. The van der Waals surface area contributed by atoms with Crippen LogP contribution in [-0.2, 0) is 7.05 Å². The van der Waals surface area contributed by atoms with Crippen molar-refractivity contribution in [3.8, 4) is 0 Å². The molecule has 0 radical (unpaired) electrons. The molecule has 4 N–H and O–H groups in total. The number of nitrogens with one attached hydrogen (secondary N) is 2. The van der Waals surface area contributed by atoms with Gasteiger partial charge in [0.05, 0.1) is 0 Å². The Bertz CT molecular complexity index is 751. The quantitative estimate of drug-likeness (QED) is 0.799. The number of benzene rings is 1. The lowest BCUT2D eigenvalue weighted by atomic mass is 10.1. The van der Waals surface area contributed by atoms with E-state index in [-0.39, 0.29) is 17.5 Å². The Kier molecular flexibility index (Phi) is 3.85. The van der Waals surface area contributed by atoms with Gasteiger partial charge in [-0.25, -0.2) is 4.79 Å². The minimum atomic E-state index is -0.548. The second-order valence-electron chi connectivity index (χ2n) is 4.50. The molecule has 1 heterocycles. The van der Waals surface area contributed by atoms with Gasteiger partial charge in [0.15, 0.2) is 0 Å². The predicted octanol–water partition coefficient (Wildman–Crippen LogP) is 1.48. The molecule has 1 aromatic carbocycles. The molecule has 0 aliphatic carbocycles. The van der Waals surface area contributed by atoms with Gasteiger partial charge in [-0.05, 0) is 24.6 Å². The monoisotopic (exact) mass is 294 g/mol. The molecule has 0 amide bonds. The summed E-state index contributed by atoms with van der Waals surface area (Å²) in [6.07, 6.45) is 0. The Morgan fingerprint density at radius 1 is 1.40 bits per heavy atom. The molecule has 1 aromatic heterocycles. The molecule has 0 aliphatic heterocycles. The summed E-state index contributed by atoms with van der Waals surface area (Å²) in [6.45, 7) is 1.87. The topological polar surface area (TPSA) is 92.9 Å². The Labute approximate surface area is 120 Å². The number of nitrogen functional groups attached to an aromatic ring is 1. The van der Waals surface area contributed by atoms with E-state index in [1.54, 1.807) is 12.1 Å². The van der Waals surface area contributed by atoms with Gasteiger partial charge in [-0.2, -0.15) is 0 Å². The number of H-pyrrole nitrogens is 1. The summed E-state index contributed by atoms with van der Waals surface area (Å²) in [5.41, 5.74) is 5.78. The average Bonchev–Trinajstić information content (AvgIpc) is 2.41. The lowest BCUT2D eigenvalue weighted by Gasteiger charge is -2.17. The summed E-state index contributed by atoms with van der Waals surface area (Å²) >= 11 is 5.93. The number of rotatable bonds is 3. The van der Waals surface area contributed by atoms with Gasteiger partial charge in [0.1, 0.15) is 11.5 Å². The number of nitrogens with zero attached hydrogens (tertiary/aromatic N) is 1. The zero-order chi connectivity index (χ0) is 14.9. The lowest BCUT2D eigenvalue weighted by molar-refractivity contribution is 0.801. The third kappa shape index (κ3) is 2.70. The Morgan fingerprint density at radius 3 is 2.75 bits per heavy atom. The van der Waals surface area contributed by atoms with Gasteiger partial charge in [-0.1, -0.05) is 23.7 Å². The van der Waals surface area contributed by atoms with Gasteiger partial charge in [0.2, 0.25) is 0 Å². The molecule has 1 unspecified atom stereocenters. The van der Waals surface area contributed by atoms with Gasteiger partial charge in [-0.3, -0.25) is 14.3 Å². The smallest absolute Gasteiger partial charge is 0.329 e. The molecule has 0 spiro atoms. The summed E-state index contributed by atoms with van der Waals surface area (Å²) in [6, 6.07) is 7.09. The van der Waals surface area contributed by atoms with Crippen molar-refractivity contribution in [1.29, 1.82) is 0 Å². The largest absolute Gasteiger partial charge is 0.383 e. The maximum atomic E-state index is 11.8. The maximum absolute atomic E-state index is 11.8. The first kappa shape index (κ1) is 14.2. The summed E-state index contributed by atoms with van der Waals surface area (Å²) < 4.78 is 1.18. The molecule has 0 aliphatic rings. The van der Waals surface area contributed by atoms with Crippen LogP contribution in [0.4, 0.5) is 11.5 Å². The van der Waals surface area contributed by atoms with Crippen LogP contribution in [0.2, 0.25) is 5.02 Å². The number of hydrogen-bond donors (Lipinski definition) is 3. The molecule has 2 rings (SSSR count). The molecule has 0 saturated carbocycles. The van der Waals surface area contributed by atoms with E-state index in [4.69, 9.17) is 17.3 Å². The molecule has 106 valence electrons. The fraction of sp³-hybridized carbons (Fsp3) is 0.231. The van der Waals surface area contributed by atoms with Crippen molar-refractivity contribution in [3.05, 3.63) is 55.7 Å². The average molecular weight is 295 g/mol. The van der Waals surface area contributed by atoms with Crippen LogP contribution in [0.1, 0.15) is 18.5 Å². The van der Waals surface area contributed by atoms with Crippen molar-refractivity contribution in [2.45, 2.75) is 13.0 Å². The second-order valence-corrected chi connectivity index (χ2v) is 4.94. The minimum Gasteiger partial charge on any atom is -0.383 e. The number of halogens is 1. The molecular formula is C13H15ClN4O2. The van der Waals surface area contributed by atoms with Crippen molar-refractivity contribution in [2.75, 3.05) is 11.1 Å². The van der Waals surface area contributed by atoms with Gasteiger partial charge in [-0.15, -0.1) is 0 Å². The number of aromatic amines is 1. The van der Waals surface area contributed by atoms with Crippen molar-refractivity contribution in [3.63, 3.8) is 0 Å². The van der Waals surface area contributed by atoms with Crippen LogP contribution in [0.15, 0.2) is 33.9 Å². The minimum absolute atomic E-state index is 0.0904. The number of hydrogen-bond acceptors (Lipinski definition) is 4. The van der Waals surface area contributed by atoms with E-state index in [0.29, 0.717) is 5.02 Å². The maximum Gasteiger partial charge on any atom is 0.329 e. The van der Waals surface area contributed by atoms with Gasteiger partial charge >= 0.3 is 5.69 Å². The SMILES string of the molecule is CC(Nc1c(N)n(C)c(=O)[nH]c1=O)c1cccc(Cl)c1. The van der Waals surface area contributed by atoms with Gasteiger partial charge in [0, 0.05) is 18.1 Å². The molecule has 7 heteroatoms. The van der Waals surface area contributed by atoms with E-state index in [9.17, 15) is 9.59 Å². The zero-order valence-electron chi connectivity index (χ0n) is 11.1. The standard InChI is InChI=1S/C13H15ClN4O2/c1-7(8-4-3-5-9(14)6-8)16-10-11(15)18(2)13(20)17-12(10)19/h3-7,16H,15H2,1-2H3,(H,17,19,20). The van der Waals surface area contributed by atoms with Crippen LogP contribution >= 0.6 is 11.6 Å². The van der Waals surface area contributed by atoms with Gasteiger partial charge in [0.25, 0.3) is 5.56 Å². The third-order valence-corrected chi connectivity index (χ3v) is 3.31. The van der Waals surface area contributed by atoms with Gasteiger partial charge < -0.3 is 11.1 Å². The Hall–Kier alpha value is -2.21. The highest BCUT2D eigenvalue weighted by molar-refractivity contribution is 6.30. The first-order chi connectivity index (χ1) is 9.40. The van der Waals surface area contributed by atoms with Crippen molar-refractivity contribution in [2.24, 2.45) is 7.05 Å². The fourth-order valence-corrected chi connectivity index (χ4v) is 2.05. The molecule has 0 bridgehead atoms. The van der Waals surface area contributed by atoms with E-state index < -0.39 is 11.2 Å². The highest BCUT2D eigenvalue weighted by atomic mass is 35.5. The van der Waals surface area contributed by atoms with E-state index in [0.717, 1.165) is 5.56 Å². The lowest BCUT2D eigenvalue weighted by Crippen LogP contribution is -2.32. The summed E-state index contributed by atoms with van der Waals surface area (Å²) in [4.78, 5) is 25.4. The van der Waals surface area contributed by atoms with E-state index in [1.165, 1.54) is 11.6 Å². The van der Waals surface area contributed by atoms with Crippen LogP contribution < -0.4 is 22.3 Å². The normalized spacial score (nSPS) is 12.2. The Morgan fingerprint density at radius 2 is 2.10 bits per heavy atom. The molecular weight excluding hydrogens is 280 g/mol. The van der Waals surface area contributed by atoms with Crippen molar-refractivity contribution in [1.82, 2.24) is 9.55 Å². The summed E-state index contributed by atoms with van der Waals surface area (Å²) in [7, 11) is 1.49.